The Morgan fingerprint density at radius 1 is 0.957 bits per heavy atom. The van der Waals surface area contributed by atoms with E-state index >= 15 is 0 Å². The second kappa shape index (κ2) is 6.07. The molecule has 0 radical (unpaired) electrons. The first-order valence-electron chi connectivity index (χ1n) is 8.44. The summed E-state index contributed by atoms with van der Waals surface area (Å²) in [7, 11) is 0. The lowest BCUT2D eigenvalue weighted by Crippen LogP contribution is -2.44. The average Bonchev–Trinajstić information content (AvgIpc) is 3.22. The van der Waals surface area contributed by atoms with E-state index in [9.17, 15) is 5.21 Å². The van der Waals surface area contributed by atoms with Gasteiger partial charge in [0.05, 0.1) is 11.8 Å². The Hall–Kier alpha value is -2.29. The summed E-state index contributed by atoms with van der Waals surface area (Å²) in [5.41, 5.74) is 3.48. The summed E-state index contributed by atoms with van der Waals surface area (Å²) in [6, 6.07) is 21.3. The fraction of sp³-hybridized carbons (Fsp3) is 0.350. The van der Waals surface area contributed by atoms with Gasteiger partial charge in [0.15, 0.2) is 0 Å². The van der Waals surface area contributed by atoms with Crippen molar-refractivity contribution in [2.24, 2.45) is 17.0 Å². The second-order valence-electron chi connectivity index (χ2n) is 6.69. The lowest BCUT2D eigenvalue weighted by atomic mass is 9.91. The SMILES string of the molecule is ON=C1C2CCC(C2)C1N(Cc1ccccc1)c1ccccc1. The van der Waals surface area contributed by atoms with E-state index in [1.54, 1.807) is 0 Å². The maximum atomic E-state index is 9.58. The number of para-hydroxylation sites is 1. The third-order valence-corrected chi connectivity index (χ3v) is 5.38. The van der Waals surface area contributed by atoms with E-state index in [0.29, 0.717) is 11.8 Å². The van der Waals surface area contributed by atoms with Crippen molar-refractivity contribution in [3.05, 3.63) is 66.2 Å². The van der Waals surface area contributed by atoms with E-state index < -0.39 is 0 Å². The summed E-state index contributed by atoms with van der Waals surface area (Å²) >= 11 is 0. The molecule has 2 saturated carbocycles. The van der Waals surface area contributed by atoms with Crippen molar-refractivity contribution in [2.75, 3.05) is 4.90 Å². The van der Waals surface area contributed by atoms with E-state index in [4.69, 9.17) is 0 Å². The van der Waals surface area contributed by atoms with E-state index in [1.165, 1.54) is 30.5 Å². The molecule has 0 saturated heterocycles. The lowest BCUT2D eigenvalue weighted by molar-refractivity contribution is 0.311. The molecule has 0 spiro atoms. The zero-order chi connectivity index (χ0) is 15.6. The molecule has 2 fully saturated rings. The predicted molar refractivity (Wildman–Crippen MR) is 92.9 cm³/mol. The smallest absolute Gasteiger partial charge is 0.0828 e. The first-order valence-corrected chi connectivity index (χ1v) is 8.44. The quantitative estimate of drug-likeness (QED) is 0.674. The van der Waals surface area contributed by atoms with Crippen LogP contribution in [0.15, 0.2) is 65.8 Å². The van der Waals surface area contributed by atoms with Crippen LogP contribution in [0.2, 0.25) is 0 Å². The average molecular weight is 306 g/mol. The van der Waals surface area contributed by atoms with Crippen LogP contribution in [0.1, 0.15) is 24.8 Å². The van der Waals surface area contributed by atoms with E-state index in [1.807, 2.05) is 6.07 Å². The Morgan fingerprint density at radius 2 is 1.65 bits per heavy atom. The van der Waals surface area contributed by atoms with Gasteiger partial charge in [0.2, 0.25) is 0 Å². The number of hydrogen-bond acceptors (Lipinski definition) is 3. The molecule has 0 heterocycles. The minimum Gasteiger partial charge on any atom is -0.411 e. The third-order valence-electron chi connectivity index (χ3n) is 5.38. The van der Waals surface area contributed by atoms with Crippen LogP contribution >= 0.6 is 0 Å². The fourth-order valence-corrected chi connectivity index (χ4v) is 4.36. The molecule has 1 N–H and O–H groups in total. The number of fused-ring (bicyclic) bond motifs is 2. The van der Waals surface area contributed by atoms with Crippen molar-refractivity contribution >= 4 is 11.4 Å². The van der Waals surface area contributed by atoms with E-state index in [-0.39, 0.29) is 6.04 Å². The van der Waals surface area contributed by atoms with Crippen molar-refractivity contribution in [1.29, 1.82) is 0 Å². The Labute approximate surface area is 137 Å². The number of hydrogen-bond donors (Lipinski definition) is 1. The summed E-state index contributed by atoms with van der Waals surface area (Å²) in [6.07, 6.45) is 3.59. The molecule has 3 nitrogen and oxygen atoms in total. The van der Waals surface area contributed by atoms with Crippen molar-refractivity contribution in [1.82, 2.24) is 0 Å². The molecule has 2 aliphatic rings. The summed E-state index contributed by atoms with van der Waals surface area (Å²) in [5.74, 6) is 1.08. The molecule has 2 aliphatic carbocycles. The predicted octanol–water partition coefficient (Wildman–Crippen LogP) is 4.32. The maximum absolute atomic E-state index is 9.58. The fourth-order valence-electron chi connectivity index (χ4n) is 4.36. The second-order valence-corrected chi connectivity index (χ2v) is 6.69. The van der Waals surface area contributed by atoms with Gasteiger partial charge in [-0.3, -0.25) is 0 Å². The Bertz CT molecular complexity index is 683. The topological polar surface area (TPSA) is 35.8 Å². The molecule has 0 amide bonds. The van der Waals surface area contributed by atoms with Gasteiger partial charge < -0.3 is 10.1 Å². The van der Waals surface area contributed by atoms with Crippen LogP contribution in [0, 0.1) is 11.8 Å². The van der Waals surface area contributed by atoms with Gasteiger partial charge in [-0.2, -0.15) is 0 Å². The molecule has 118 valence electrons. The molecular weight excluding hydrogens is 284 g/mol. The highest BCUT2D eigenvalue weighted by Gasteiger charge is 2.48. The number of anilines is 1. The Kier molecular flexibility index (Phi) is 3.78. The van der Waals surface area contributed by atoms with Crippen LogP contribution in [0.25, 0.3) is 0 Å². The van der Waals surface area contributed by atoms with Gasteiger partial charge in [0.25, 0.3) is 0 Å². The summed E-state index contributed by atoms with van der Waals surface area (Å²) in [6.45, 7) is 0.845. The summed E-state index contributed by atoms with van der Waals surface area (Å²) < 4.78 is 0. The van der Waals surface area contributed by atoms with Crippen molar-refractivity contribution in [3.63, 3.8) is 0 Å². The van der Waals surface area contributed by atoms with Gasteiger partial charge in [-0.25, -0.2) is 0 Å². The third kappa shape index (κ3) is 2.61. The van der Waals surface area contributed by atoms with Crippen LogP contribution in [0.3, 0.4) is 0 Å². The van der Waals surface area contributed by atoms with Crippen molar-refractivity contribution in [2.45, 2.75) is 31.8 Å². The molecule has 4 rings (SSSR count). The summed E-state index contributed by atoms with van der Waals surface area (Å²) in [5, 5.41) is 13.3. The van der Waals surface area contributed by atoms with Crippen molar-refractivity contribution in [3.8, 4) is 0 Å². The molecule has 23 heavy (non-hydrogen) atoms. The molecule has 2 bridgehead atoms. The monoisotopic (exact) mass is 306 g/mol. The highest BCUT2D eigenvalue weighted by atomic mass is 16.4. The Balaban J connectivity index is 1.71. The van der Waals surface area contributed by atoms with E-state index in [2.05, 4.69) is 64.7 Å². The first-order chi connectivity index (χ1) is 11.4. The van der Waals surface area contributed by atoms with Gasteiger partial charge in [-0.15, -0.1) is 0 Å². The van der Waals surface area contributed by atoms with Crippen LogP contribution in [-0.2, 0) is 6.54 Å². The normalized spacial score (nSPS) is 27.5. The van der Waals surface area contributed by atoms with Crippen LogP contribution in [0.5, 0.6) is 0 Å². The number of oxime groups is 1. The lowest BCUT2D eigenvalue weighted by Gasteiger charge is -2.36. The standard InChI is InChI=1S/C20H22N2O/c23-21-19-16-11-12-17(13-16)20(19)22(18-9-5-2-6-10-18)14-15-7-3-1-4-8-15/h1-10,16-17,20,23H,11-14H2. The largest absolute Gasteiger partial charge is 0.411 e. The zero-order valence-corrected chi connectivity index (χ0v) is 13.2. The molecule has 3 atom stereocenters. The van der Waals surface area contributed by atoms with Gasteiger partial charge in [-0.05, 0) is 42.9 Å². The number of rotatable bonds is 4. The highest BCUT2D eigenvalue weighted by molar-refractivity contribution is 5.97. The van der Waals surface area contributed by atoms with Crippen molar-refractivity contribution < 1.29 is 5.21 Å². The van der Waals surface area contributed by atoms with Gasteiger partial charge >= 0.3 is 0 Å². The highest BCUT2D eigenvalue weighted by Crippen LogP contribution is 2.46. The molecule has 2 aromatic rings. The Morgan fingerprint density at radius 3 is 2.35 bits per heavy atom. The van der Waals surface area contributed by atoms with Gasteiger partial charge in [0, 0.05) is 18.2 Å². The molecule has 3 unspecified atom stereocenters. The molecular formula is C20H22N2O. The summed E-state index contributed by atoms with van der Waals surface area (Å²) in [4.78, 5) is 2.42. The van der Waals surface area contributed by atoms with Crippen LogP contribution < -0.4 is 4.90 Å². The first kappa shape index (κ1) is 14.3. The number of nitrogens with zero attached hydrogens (tertiary/aromatic N) is 2. The van der Waals surface area contributed by atoms with E-state index in [0.717, 1.165) is 12.3 Å². The van der Waals surface area contributed by atoms with Gasteiger partial charge in [-0.1, -0.05) is 53.7 Å². The minimum atomic E-state index is 0.223. The molecule has 0 aliphatic heterocycles. The number of benzene rings is 2. The van der Waals surface area contributed by atoms with Crippen LogP contribution in [0.4, 0.5) is 5.69 Å². The van der Waals surface area contributed by atoms with Crippen LogP contribution in [-0.4, -0.2) is 17.0 Å². The maximum Gasteiger partial charge on any atom is 0.0828 e. The molecule has 2 aromatic carbocycles. The molecule has 0 aromatic heterocycles. The minimum absolute atomic E-state index is 0.223. The van der Waals surface area contributed by atoms with Gasteiger partial charge in [0.1, 0.15) is 0 Å². The zero-order valence-electron chi connectivity index (χ0n) is 13.2. The molecule has 3 heteroatoms.